The van der Waals surface area contributed by atoms with Crippen LogP contribution in [-0.2, 0) is 6.42 Å². The highest BCUT2D eigenvalue weighted by Crippen LogP contribution is 2.33. The number of rotatable bonds is 16. The predicted molar refractivity (Wildman–Crippen MR) is 149 cm³/mol. The molecule has 0 aliphatic carbocycles. The third-order valence-electron chi connectivity index (χ3n) is 6.92. The Labute approximate surface area is 221 Å². The quantitative estimate of drug-likeness (QED) is 0.174. The van der Waals surface area contributed by atoms with Gasteiger partial charge in [0.1, 0.15) is 5.82 Å². The van der Waals surface area contributed by atoms with Crippen molar-refractivity contribution in [1.82, 2.24) is 0 Å². The summed E-state index contributed by atoms with van der Waals surface area (Å²) < 4.78 is 49.8. The van der Waals surface area contributed by atoms with Crippen molar-refractivity contribution in [2.45, 2.75) is 90.9 Å². The second-order valence-electron chi connectivity index (χ2n) is 9.91. The number of aryl methyl sites for hydroxylation is 1. The predicted octanol–water partition coefficient (Wildman–Crippen LogP) is 10.7. The van der Waals surface area contributed by atoms with Crippen LogP contribution < -0.4 is 4.74 Å². The van der Waals surface area contributed by atoms with Crippen LogP contribution in [0.4, 0.5) is 13.2 Å². The smallest absolute Gasteiger partial charge is 0.201 e. The number of ether oxygens (including phenoxy) is 1. The Bertz CT molecular complexity index is 1090. The Morgan fingerprint density at radius 3 is 1.84 bits per heavy atom. The molecule has 0 amide bonds. The zero-order valence-electron chi connectivity index (χ0n) is 22.4. The van der Waals surface area contributed by atoms with Crippen LogP contribution in [0.5, 0.6) is 5.75 Å². The van der Waals surface area contributed by atoms with Crippen molar-refractivity contribution in [3.8, 4) is 28.0 Å². The topological polar surface area (TPSA) is 9.23 Å². The molecule has 4 heteroatoms. The van der Waals surface area contributed by atoms with Crippen molar-refractivity contribution in [3.05, 3.63) is 77.6 Å². The SMILES string of the molecule is CCCCCCCCCc1ccc(-c2ccc(-c3ccc(OCCCCCC)c(F)c3F)c(F)c2)cc1. The van der Waals surface area contributed by atoms with Gasteiger partial charge in [0.05, 0.1) is 6.61 Å². The van der Waals surface area contributed by atoms with Gasteiger partial charge in [-0.1, -0.05) is 108 Å². The minimum Gasteiger partial charge on any atom is -0.490 e. The van der Waals surface area contributed by atoms with Gasteiger partial charge >= 0.3 is 0 Å². The second-order valence-corrected chi connectivity index (χ2v) is 9.91. The van der Waals surface area contributed by atoms with Crippen molar-refractivity contribution in [3.63, 3.8) is 0 Å². The molecule has 0 N–H and O–H groups in total. The normalized spacial score (nSPS) is 11.2. The van der Waals surface area contributed by atoms with Crippen LogP contribution in [0.1, 0.15) is 90.0 Å². The van der Waals surface area contributed by atoms with E-state index in [2.05, 4.69) is 26.0 Å². The number of benzene rings is 3. The Kier molecular flexibility index (Phi) is 12.1. The first-order chi connectivity index (χ1) is 18.0. The van der Waals surface area contributed by atoms with Gasteiger partial charge in [0, 0.05) is 11.1 Å². The lowest BCUT2D eigenvalue weighted by atomic mass is 9.97. The molecule has 0 radical (unpaired) electrons. The van der Waals surface area contributed by atoms with E-state index in [0.29, 0.717) is 12.2 Å². The molecular weight excluding hydrogens is 469 g/mol. The molecule has 3 aromatic carbocycles. The van der Waals surface area contributed by atoms with E-state index >= 15 is 4.39 Å². The summed E-state index contributed by atoms with van der Waals surface area (Å²) in [6, 6.07) is 15.6. The minimum absolute atomic E-state index is 0.0326. The fraction of sp³-hybridized carbons (Fsp3) is 0.455. The maximum Gasteiger partial charge on any atom is 0.201 e. The van der Waals surface area contributed by atoms with E-state index < -0.39 is 17.5 Å². The van der Waals surface area contributed by atoms with Crippen LogP contribution >= 0.6 is 0 Å². The molecule has 0 spiro atoms. The summed E-state index contributed by atoms with van der Waals surface area (Å²) in [6.45, 7) is 4.67. The van der Waals surface area contributed by atoms with Crippen LogP contribution in [0.2, 0.25) is 0 Å². The van der Waals surface area contributed by atoms with Crippen molar-refractivity contribution < 1.29 is 17.9 Å². The maximum absolute atomic E-state index is 15.0. The molecule has 37 heavy (non-hydrogen) atoms. The third kappa shape index (κ3) is 8.66. The summed E-state index contributed by atoms with van der Waals surface area (Å²) in [4.78, 5) is 0. The second kappa shape index (κ2) is 15.5. The Morgan fingerprint density at radius 1 is 0.568 bits per heavy atom. The first kappa shape index (κ1) is 28.8. The molecule has 0 aromatic heterocycles. The number of hydrogen-bond acceptors (Lipinski definition) is 1. The van der Waals surface area contributed by atoms with Gasteiger partial charge in [-0.25, -0.2) is 8.78 Å². The van der Waals surface area contributed by atoms with E-state index in [9.17, 15) is 8.78 Å². The molecule has 0 atom stereocenters. The minimum atomic E-state index is -1.09. The van der Waals surface area contributed by atoms with Crippen LogP contribution in [-0.4, -0.2) is 6.61 Å². The molecule has 200 valence electrons. The lowest BCUT2D eigenvalue weighted by molar-refractivity contribution is 0.285. The Morgan fingerprint density at radius 2 is 1.16 bits per heavy atom. The first-order valence-electron chi connectivity index (χ1n) is 14.0. The molecule has 0 saturated carbocycles. The summed E-state index contributed by atoms with van der Waals surface area (Å²) >= 11 is 0. The standard InChI is InChI=1S/C33H41F3O/c1-3-5-7-9-10-11-12-14-25-15-17-26(18-16-25)27-19-20-28(30(34)24-27)29-21-22-31(33(36)32(29)35)37-23-13-8-6-4-2/h15-22,24H,3-14,23H2,1-2H3. The van der Waals surface area contributed by atoms with Gasteiger partial charge in [0.25, 0.3) is 0 Å². The lowest BCUT2D eigenvalue weighted by Crippen LogP contribution is -2.02. The van der Waals surface area contributed by atoms with Gasteiger partial charge in [-0.15, -0.1) is 0 Å². The first-order valence-corrected chi connectivity index (χ1v) is 14.0. The summed E-state index contributed by atoms with van der Waals surface area (Å²) in [5, 5.41) is 0. The zero-order chi connectivity index (χ0) is 26.5. The van der Waals surface area contributed by atoms with E-state index in [0.717, 1.165) is 37.7 Å². The molecule has 0 fully saturated rings. The van der Waals surface area contributed by atoms with Crippen molar-refractivity contribution in [2.24, 2.45) is 0 Å². The molecule has 0 heterocycles. The van der Waals surface area contributed by atoms with Crippen molar-refractivity contribution in [2.75, 3.05) is 6.61 Å². The van der Waals surface area contributed by atoms with Crippen LogP contribution in [0.25, 0.3) is 22.3 Å². The van der Waals surface area contributed by atoms with Gasteiger partial charge in [0.15, 0.2) is 11.6 Å². The fourth-order valence-electron chi connectivity index (χ4n) is 4.63. The van der Waals surface area contributed by atoms with E-state index in [4.69, 9.17) is 4.74 Å². The molecule has 0 unspecified atom stereocenters. The average Bonchev–Trinajstić information content (AvgIpc) is 2.91. The van der Waals surface area contributed by atoms with Gasteiger partial charge in [-0.3, -0.25) is 0 Å². The van der Waals surface area contributed by atoms with Gasteiger partial charge in [0.2, 0.25) is 5.82 Å². The monoisotopic (exact) mass is 510 g/mol. The maximum atomic E-state index is 15.0. The fourth-order valence-corrected chi connectivity index (χ4v) is 4.63. The highest BCUT2D eigenvalue weighted by molar-refractivity contribution is 5.72. The van der Waals surface area contributed by atoms with Crippen molar-refractivity contribution in [1.29, 1.82) is 0 Å². The van der Waals surface area contributed by atoms with E-state index in [1.807, 2.05) is 12.1 Å². The van der Waals surface area contributed by atoms with Crippen LogP contribution in [0, 0.1) is 17.5 Å². The molecule has 0 saturated heterocycles. The summed E-state index contributed by atoms with van der Waals surface area (Å²) in [6.07, 6.45) is 14.0. The van der Waals surface area contributed by atoms with Gasteiger partial charge in [-0.05, 0) is 54.2 Å². The molecule has 3 rings (SSSR count). The molecule has 0 aliphatic rings. The third-order valence-corrected chi connectivity index (χ3v) is 6.92. The highest BCUT2D eigenvalue weighted by atomic mass is 19.2. The Balaban J connectivity index is 1.60. The summed E-state index contributed by atoms with van der Waals surface area (Å²) in [5.41, 5.74) is 2.80. The van der Waals surface area contributed by atoms with E-state index in [1.54, 1.807) is 6.07 Å². The number of hydrogen-bond donors (Lipinski definition) is 0. The molecule has 1 nitrogen and oxygen atoms in total. The average molecular weight is 511 g/mol. The lowest BCUT2D eigenvalue weighted by Gasteiger charge is -2.12. The summed E-state index contributed by atoms with van der Waals surface area (Å²) in [7, 11) is 0. The molecule has 0 bridgehead atoms. The largest absolute Gasteiger partial charge is 0.490 e. The van der Waals surface area contributed by atoms with Gasteiger partial charge < -0.3 is 4.74 Å². The number of halogens is 3. The molecule has 0 aliphatic heterocycles. The zero-order valence-corrected chi connectivity index (χ0v) is 22.4. The van der Waals surface area contributed by atoms with E-state index in [1.165, 1.54) is 74.8 Å². The van der Waals surface area contributed by atoms with Crippen LogP contribution in [0.3, 0.4) is 0 Å². The van der Waals surface area contributed by atoms with Crippen LogP contribution in [0.15, 0.2) is 54.6 Å². The van der Waals surface area contributed by atoms with Crippen molar-refractivity contribution >= 4 is 0 Å². The van der Waals surface area contributed by atoms with Gasteiger partial charge in [-0.2, -0.15) is 4.39 Å². The highest BCUT2D eigenvalue weighted by Gasteiger charge is 2.18. The number of unbranched alkanes of at least 4 members (excludes halogenated alkanes) is 9. The Hall–Kier alpha value is -2.75. The summed E-state index contributed by atoms with van der Waals surface area (Å²) in [5.74, 6) is -2.89. The van der Waals surface area contributed by atoms with E-state index in [-0.39, 0.29) is 16.9 Å². The molecular formula is C33H41F3O. The molecule has 3 aromatic rings.